The maximum atomic E-state index is 13.2. The van der Waals surface area contributed by atoms with Crippen molar-refractivity contribution in [3.63, 3.8) is 0 Å². The molecule has 164 valence electrons. The molecular formula is C22H34N6O2. The maximum Gasteiger partial charge on any atom is 0.238 e. The fourth-order valence-electron chi connectivity index (χ4n) is 5.31. The van der Waals surface area contributed by atoms with E-state index in [1.54, 1.807) is 6.20 Å². The molecule has 0 aliphatic carbocycles. The number of carbonyl (C=O) groups excluding carboxylic acids is 2. The number of piperidine rings is 3. The van der Waals surface area contributed by atoms with Gasteiger partial charge in [0.25, 0.3) is 0 Å². The Hall–Kier alpha value is -2.22. The molecule has 3 saturated heterocycles. The van der Waals surface area contributed by atoms with E-state index in [1.165, 1.54) is 6.42 Å². The number of primary amides is 1. The Morgan fingerprint density at radius 1 is 1.03 bits per heavy atom. The lowest BCUT2D eigenvalue weighted by molar-refractivity contribution is -0.144. The van der Waals surface area contributed by atoms with Gasteiger partial charge in [-0.3, -0.25) is 14.5 Å². The molecule has 8 heteroatoms. The zero-order valence-corrected chi connectivity index (χ0v) is 18.1. The van der Waals surface area contributed by atoms with Gasteiger partial charge in [0.2, 0.25) is 17.8 Å². The van der Waals surface area contributed by atoms with E-state index in [-0.39, 0.29) is 17.7 Å². The van der Waals surface area contributed by atoms with Crippen molar-refractivity contribution in [1.29, 1.82) is 0 Å². The van der Waals surface area contributed by atoms with Crippen LogP contribution in [0.4, 0.5) is 5.95 Å². The number of amides is 2. The monoisotopic (exact) mass is 414 g/mol. The van der Waals surface area contributed by atoms with Crippen molar-refractivity contribution in [3.8, 4) is 0 Å². The molecule has 4 rings (SSSR count). The summed E-state index contributed by atoms with van der Waals surface area (Å²) in [5.41, 5.74) is 6.27. The second kappa shape index (κ2) is 8.88. The van der Waals surface area contributed by atoms with Gasteiger partial charge in [-0.15, -0.1) is 0 Å². The van der Waals surface area contributed by atoms with E-state index in [9.17, 15) is 9.59 Å². The molecule has 0 radical (unpaired) electrons. The summed E-state index contributed by atoms with van der Waals surface area (Å²) in [6.45, 7) is 6.69. The molecule has 0 spiro atoms. The van der Waals surface area contributed by atoms with Crippen molar-refractivity contribution < 1.29 is 9.59 Å². The van der Waals surface area contributed by atoms with Crippen LogP contribution in [0.1, 0.15) is 50.6 Å². The van der Waals surface area contributed by atoms with E-state index < -0.39 is 5.54 Å². The van der Waals surface area contributed by atoms with Gasteiger partial charge in [-0.1, -0.05) is 6.42 Å². The maximum absolute atomic E-state index is 13.2. The van der Waals surface area contributed by atoms with Gasteiger partial charge < -0.3 is 15.5 Å². The lowest BCUT2D eigenvalue weighted by atomic mass is 9.82. The third-order valence-corrected chi connectivity index (χ3v) is 7.23. The number of hydrogen-bond acceptors (Lipinski definition) is 6. The average molecular weight is 415 g/mol. The molecule has 1 aromatic rings. The van der Waals surface area contributed by atoms with Crippen LogP contribution in [0.3, 0.4) is 0 Å². The molecule has 3 aliphatic rings. The standard InChI is InChI=1S/C22H34N6O2/c1-17-5-10-24-21(25-17)27-13-6-18(7-14-27)19(29)26-15-8-22(9-16-26,20(23)30)28-11-3-2-4-12-28/h5,10,18H,2-4,6-9,11-16H2,1H3,(H2,23,30). The van der Waals surface area contributed by atoms with Gasteiger partial charge in [0.15, 0.2) is 0 Å². The fourth-order valence-corrected chi connectivity index (χ4v) is 5.31. The Morgan fingerprint density at radius 2 is 1.70 bits per heavy atom. The summed E-state index contributed by atoms with van der Waals surface area (Å²) < 4.78 is 0. The average Bonchev–Trinajstić information content (AvgIpc) is 2.79. The van der Waals surface area contributed by atoms with Crippen LogP contribution in [0.2, 0.25) is 0 Å². The first kappa shape index (κ1) is 21.0. The SMILES string of the molecule is Cc1ccnc(N2CCC(C(=O)N3CCC(C(N)=O)(N4CCCCC4)CC3)CC2)n1. The molecule has 2 amide bonds. The normalized spacial score (nSPS) is 23.4. The summed E-state index contributed by atoms with van der Waals surface area (Å²) in [6.07, 6.45) is 8.22. The number of aryl methyl sites for hydroxylation is 1. The Kier molecular flexibility index (Phi) is 6.22. The summed E-state index contributed by atoms with van der Waals surface area (Å²) in [7, 11) is 0. The summed E-state index contributed by atoms with van der Waals surface area (Å²) in [6, 6.07) is 1.89. The molecule has 1 aromatic heterocycles. The highest BCUT2D eigenvalue weighted by Gasteiger charge is 2.46. The fraction of sp³-hybridized carbons (Fsp3) is 0.727. The minimum atomic E-state index is -0.566. The predicted molar refractivity (Wildman–Crippen MR) is 115 cm³/mol. The molecule has 3 aliphatic heterocycles. The number of carbonyl (C=O) groups is 2. The number of nitrogens with two attached hydrogens (primary N) is 1. The van der Waals surface area contributed by atoms with E-state index >= 15 is 0 Å². The van der Waals surface area contributed by atoms with Crippen LogP contribution in [-0.4, -0.2) is 76.4 Å². The van der Waals surface area contributed by atoms with Gasteiger partial charge in [-0.05, 0) is 64.6 Å². The molecule has 0 bridgehead atoms. The van der Waals surface area contributed by atoms with E-state index in [1.807, 2.05) is 17.9 Å². The topological polar surface area (TPSA) is 95.7 Å². The van der Waals surface area contributed by atoms with E-state index in [2.05, 4.69) is 19.8 Å². The number of hydrogen-bond donors (Lipinski definition) is 1. The van der Waals surface area contributed by atoms with Crippen LogP contribution in [0, 0.1) is 12.8 Å². The van der Waals surface area contributed by atoms with Crippen molar-refractivity contribution in [2.45, 2.75) is 57.4 Å². The molecule has 0 aromatic carbocycles. The Balaban J connectivity index is 1.33. The smallest absolute Gasteiger partial charge is 0.238 e. The summed E-state index contributed by atoms with van der Waals surface area (Å²) in [4.78, 5) is 40.9. The molecule has 3 fully saturated rings. The molecule has 0 unspecified atom stereocenters. The second-order valence-corrected chi connectivity index (χ2v) is 9.03. The van der Waals surface area contributed by atoms with E-state index in [0.29, 0.717) is 25.9 Å². The summed E-state index contributed by atoms with van der Waals surface area (Å²) in [5, 5.41) is 0. The van der Waals surface area contributed by atoms with Gasteiger partial charge in [0.05, 0.1) is 0 Å². The van der Waals surface area contributed by atoms with Crippen LogP contribution in [0.25, 0.3) is 0 Å². The van der Waals surface area contributed by atoms with Crippen molar-refractivity contribution in [1.82, 2.24) is 19.8 Å². The van der Waals surface area contributed by atoms with Crippen LogP contribution in [0.5, 0.6) is 0 Å². The first-order valence-corrected chi connectivity index (χ1v) is 11.4. The minimum Gasteiger partial charge on any atom is -0.368 e. The number of likely N-dealkylation sites (tertiary alicyclic amines) is 2. The third-order valence-electron chi connectivity index (χ3n) is 7.23. The summed E-state index contributed by atoms with van der Waals surface area (Å²) in [5.74, 6) is 0.813. The number of nitrogens with zero attached hydrogens (tertiary/aromatic N) is 5. The van der Waals surface area contributed by atoms with Gasteiger partial charge in [-0.2, -0.15) is 0 Å². The first-order chi connectivity index (χ1) is 14.5. The largest absolute Gasteiger partial charge is 0.368 e. The highest BCUT2D eigenvalue weighted by Crippen LogP contribution is 2.33. The lowest BCUT2D eigenvalue weighted by Crippen LogP contribution is -2.64. The van der Waals surface area contributed by atoms with Gasteiger partial charge in [-0.25, -0.2) is 9.97 Å². The van der Waals surface area contributed by atoms with Crippen LogP contribution >= 0.6 is 0 Å². The van der Waals surface area contributed by atoms with Crippen molar-refractivity contribution in [2.24, 2.45) is 11.7 Å². The molecule has 8 nitrogen and oxygen atoms in total. The van der Waals surface area contributed by atoms with Crippen LogP contribution < -0.4 is 10.6 Å². The second-order valence-electron chi connectivity index (χ2n) is 9.03. The zero-order valence-electron chi connectivity index (χ0n) is 18.1. The summed E-state index contributed by atoms with van der Waals surface area (Å²) >= 11 is 0. The van der Waals surface area contributed by atoms with E-state index in [4.69, 9.17) is 5.73 Å². The van der Waals surface area contributed by atoms with Gasteiger partial charge in [0.1, 0.15) is 5.54 Å². The number of rotatable bonds is 4. The van der Waals surface area contributed by atoms with Gasteiger partial charge >= 0.3 is 0 Å². The molecule has 2 N–H and O–H groups in total. The van der Waals surface area contributed by atoms with Gasteiger partial charge in [0, 0.05) is 44.0 Å². The molecule has 30 heavy (non-hydrogen) atoms. The molecule has 0 atom stereocenters. The van der Waals surface area contributed by atoms with Crippen molar-refractivity contribution in [2.75, 3.05) is 44.2 Å². The highest BCUT2D eigenvalue weighted by molar-refractivity contribution is 5.86. The number of aromatic nitrogens is 2. The first-order valence-electron chi connectivity index (χ1n) is 11.4. The molecule has 0 saturated carbocycles. The Morgan fingerprint density at radius 3 is 2.30 bits per heavy atom. The molecular weight excluding hydrogens is 380 g/mol. The lowest BCUT2D eigenvalue weighted by Gasteiger charge is -2.48. The Labute approximate surface area is 178 Å². The van der Waals surface area contributed by atoms with Crippen molar-refractivity contribution >= 4 is 17.8 Å². The van der Waals surface area contributed by atoms with Crippen molar-refractivity contribution in [3.05, 3.63) is 18.0 Å². The zero-order chi connectivity index (χ0) is 21.1. The Bertz CT molecular complexity index is 763. The van der Waals surface area contributed by atoms with E-state index in [0.717, 1.165) is 63.5 Å². The number of anilines is 1. The highest BCUT2D eigenvalue weighted by atomic mass is 16.2. The predicted octanol–water partition coefficient (Wildman–Crippen LogP) is 1.33. The minimum absolute atomic E-state index is 0.0436. The van der Waals surface area contributed by atoms with Crippen LogP contribution in [-0.2, 0) is 9.59 Å². The van der Waals surface area contributed by atoms with Crippen LogP contribution in [0.15, 0.2) is 12.3 Å². The molecule has 4 heterocycles. The third kappa shape index (κ3) is 4.15. The quantitative estimate of drug-likeness (QED) is 0.799.